The maximum Gasteiger partial charge on any atom is 0.358 e. The van der Waals surface area contributed by atoms with Gasteiger partial charge in [0, 0.05) is 6.92 Å². The normalized spacial score (nSPS) is 11.5. The molecule has 8 heteroatoms. The molecule has 0 saturated heterocycles. The predicted octanol–water partition coefficient (Wildman–Crippen LogP) is 1.90. The molecule has 0 fully saturated rings. The van der Waals surface area contributed by atoms with Crippen LogP contribution in [0.15, 0.2) is 35.4 Å². The minimum atomic E-state index is -4.01. The molecule has 1 aromatic heterocycles. The van der Waals surface area contributed by atoms with E-state index in [1.165, 1.54) is 19.1 Å². The zero-order valence-electron chi connectivity index (χ0n) is 11.0. The molecule has 1 heterocycles. The Morgan fingerprint density at radius 2 is 1.90 bits per heavy atom. The summed E-state index contributed by atoms with van der Waals surface area (Å²) in [5.74, 6) is -0.515. The van der Waals surface area contributed by atoms with Gasteiger partial charge in [-0.2, -0.15) is 8.42 Å². The Labute approximate surface area is 116 Å². The van der Waals surface area contributed by atoms with E-state index in [9.17, 15) is 18.5 Å². The minimum Gasteiger partial charge on any atom is -0.358 e. The first kappa shape index (κ1) is 14.2. The Hall–Kier alpha value is -2.22. The van der Waals surface area contributed by atoms with Gasteiger partial charge in [-0.25, -0.2) is 4.98 Å². The van der Waals surface area contributed by atoms with Gasteiger partial charge in [0.05, 0.1) is 0 Å². The van der Waals surface area contributed by atoms with Crippen LogP contribution in [0.3, 0.4) is 0 Å². The third-order valence-corrected chi connectivity index (χ3v) is 4.73. The van der Waals surface area contributed by atoms with Gasteiger partial charge in [0.25, 0.3) is 0 Å². The molecule has 0 aliphatic heterocycles. The quantitative estimate of drug-likeness (QED) is 0.634. The summed E-state index contributed by atoms with van der Waals surface area (Å²) in [5.41, 5.74) is 0.987. The van der Waals surface area contributed by atoms with Gasteiger partial charge in [0.2, 0.25) is 5.82 Å². The SMILES string of the molecule is CCc1ccc(S(=O)(=O)n2c([N+](=O)[O-])cnc2C)cc1. The number of nitrogens with zero attached hydrogens (tertiary/aromatic N) is 3. The molecular formula is C12H13N3O4S. The van der Waals surface area contributed by atoms with Crippen molar-refractivity contribution in [1.82, 2.24) is 8.96 Å². The molecule has 20 heavy (non-hydrogen) atoms. The van der Waals surface area contributed by atoms with Crippen LogP contribution < -0.4 is 0 Å². The van der Waals surface area contributed by atoms with Gasteiger partial charge in [-0.15, -0.1) is 0 Å². The van der Waals surface area contributed by atoms with E-state index in [4.69, 9.17) is 0 Å². The van der Waals surface area contributed by atoms with Crippen molar-refractivity contribution in [2.24, 2.45) is 0 Å². The lowest BCUT2D eigenvalue weighted by Crippen LogP contribution is -2.16. The van der Waals surface area contributed by atoms with Gasteiger partial charge in [-0.05, 0) is 29.0 Å². The van der Waals surface area contributed by atoms with E-state index >= 15 is 0 Å². The molecule has 0 atom stereocenters. The van der Waals surface area contributed by atoms with Crippen molar-refractivity contribution in [3.63, 3.8) is 0 Å². The van der Waals surface area contributed by atoms with Gasteiger partial charge < -0.3 is 10.1 Å². The number of hydrogen-bond acceptors (Lipinski definition) is 5. The van der Waals surface area contributed by atoms with E-state index in [0.717, 1.165) is 18.2 Å². The zero-order chi connectivity index (χ0) is 14.9. The highest BCUT2D eigenvalue weighted by Gasteiger charge is 2.31. The molecule has 0 aliphatic rings. The van der Waals surface area contributed by atoms with Crippen molar-refractivity contribution in [1.29, 1.82) is 0 Å². The summed E-state index contributed by atoms with van der Waals surface area (Å²) in [5, 5.41) is 10.9. The van der Waals surface area contributed by atoms with Crippen LogP contribution in [0.4, 0.5) is 5.82 Å². The van der Waals surface area contributed by atoms with Gasteiger partial charge in [-0.1, -0.05) is 23.0 Å². The Balaban J connectivity index is 2.60. The first-order valence-electron chi connectivity index (χ1n) is 5.91. The molecule has 2 aromatic rings. The van der Waals surface area contributed by atoms with Crippen LogP contribution in [-0.4, -0.2) is 22.3 Å². The average Bonchev–Trinajstić information content (AvgIpc) is 2.81. The van der Waals surface area contributed by atoms with Crippen molar-refractivity contribution >= 4 is 15.8 Å². The van der Waals surface area contributed by atoms with E-state index in [1.54, 1.807) is 12.1 Å². The van der Waals surface area contributed by atoms with Crippen LogP contribution in [0.2, 0.25) is 0 Å². The molecule has 0 spiro atoms. The number of aryl methyl sites for hydroxylation is 2. The summed E-state index contributed by atoms with van der Waals surface area (Å²) < 4.78 is 25.6. The second-order valence-corrected chi connectivity index (χ2v) is 5.97. The first-order valence-corrected chi connectivity index (χ1v) is 7.35. The fourth-order valence-electron chi connectivity index (χ4n) is 1.84. The Kier molecular flexibility index (Phi) is 3.58. The van der Waals surface area contributed by atoms with Crippen LogP contribution in [0.1, 0.15) is 18.3 Å². The van der Waals surface area contributed by atoms with Crippen molar-refractivity contribution in [3.8, 4) is 0 Å². The van der Waals surface area contributed by atoms with Crippen LogP contribution in [0.5, 0.6) is 0 Å². The zero-order valence-corrected chi connectivity index (χ0v) is 11.8. The summed E-state index contributed by atoms with van der Waals surface area (Å²) in [6.07, 6.45) is 1.72. The van der Waals surface area contributed by atoms with Gasteiger partial charge in [0.15, 0.2) is 0 Å². The molecule has 0 bridgehead atoms. The molecular weight excluding hydrogens is 282 g/mol. The predicted molar refractivity (Wildman–Crippen MR) is 72.0 cm³/mol. The van der Waals surface area contributed by atoms with Gasteiger partial charge in [0.1, 0.15) is 11.1 Å². The van der Waals surface area contributed by atoms with Gasteiger partial charge in [-0.3, -0.25) is 0 Å². The lowest BCUT2D eigenvalue weighted by Gasteiger charge is -2.05. The summed E-state index contributed by atoms with van der Waals surface area (Å²) in [6.45, 7) is 3.36. The number of benzene rings is 1. The molecule has 0 saturated carbocycles. The van der Waals surface area contributed by atoms with Crippen molar-refractivity contribution in [2.75, 3.05) is 0 Å². The van der Waals surface area contributed by atoms with Crippen molar-refractivity contribution in [2.45, 2.75) is 25.2 Å². The topological polar surface area (TPSA) is 95.1 Å². The van der Waals surface area contributed by atoms with Crippen LogP contribution in [-0.2, 0) is 16.4 Å². The fourth-order valence-corrected chi connectivity index (χ4v) is 3.29. The number of rotatable bonds is 4. The third kappa shape index (κ3) is 2.29. The lowest BCUT2D eigenvalue weighted by atomic mass is 10.2. The largest absolute Gasteiger partial charge is 0.358 e. The van der Waals surface area contributed by atoms with E-state index < -0.39 is 20.8 Å². The molecule has 0 amide bonds. The second-order valence-electron chi connectivity index (χ2n) is 4.19. The molecule has 0 radical (unpaired) electrons. The first-order chi connectivity index (χ1) is 9.37. The minimum absolute atomic E-state index is 0.00102. The molecule has 2 rings (SSSR count). The average molecular weight is 295 g/mol. The van der Waals surface area contributed by atoms with Crippen LogP contribution in [0.25, 0.3) is 0 Å². The number of aromatic nitrogens is 2. The fraction of sp³-hybridized carbons (Fsp3) is 0.250. The summed E-state index contributed by atoms with van der Waals surface area (Å²) in [7, 11) is -4.01. The van der Waals surface area contributed by atoms with E-state index in [0.29, 0.717) is 3.97 Å². The Morgan fingerprint density at radius 1 is 1.30 bits per heavy atom. The summed E-state index contributed by atoms with van der Waals surface area (Å²) >= 11 is 0. The number of imidazole rings is 1. The van der Waals surface area contributed by atoms with Gasteiger partial charge >= 0.3 is 15.8 Å². The standard InChI is InChI=1S/C12H13N3O4S/c1-3-10-4-6-11(7-5-10)20(18,19)14-9(2)13-8-12(14)15(16)17/h4-8H,3H2,1-2H3. The third-order valence-electron chi connectivity index (χ3n) is 2.93. The smallest absolute Gasteiger partial charge is 0.358 e. The molecule has 106 valence electrons. The highest BCUT2D eigenvalue weighted by atomic mass is 32.2. The van der Waals surface area contributed by atoms with Crippen LogP contribution >= 0.6 is 0 Å². The number of hydrogen-bond donors (Lipinski definition) is 0. The Morgan fingerprint density at radius 3 is 2.40 bits per heavy atom. The molecule has 0 aliphatic carbocycles. The maximum absolute atomic E-state index is 12.5. The number of nitro groups is 1. The maximum atomic E-state index is 12.5. The highest BCUT2D eigenvalue weighted by molar-refractivity contribution is 7.90. The van der Waals surface area contributed by atoms with Crippen molar-refractivity contribution in [3.05, 3.63) is 52.0 Å². The lowest BCUT2D eigenvalue weighted by molar-refractivity contribution is -0.390. The monoisotopic (exact) mass is 295 g/mol. The van der Waals surface area contributed by atoms with E-state index in [2.05, 4.69) is 4.98 Å². The van der Waals surface area contributed by atoms with E-state index in [1.807, 2.05) is 6.92 Å². The second kappa shape index (κ2) is 5.04. The molecule has 0 N–H and O–H groups in total. The summed E-state index contributed by atoms with van der Waals surface area (Å²) in [4.78, 5) is 13.8. The van der Waals surface area contributed by atoms with E-state index in [-0.39, 0.29) is 10.7 Å². The van der Waals surface area contributed by atoms with Crippen molar-refractivity contribution < 1.29 is 13.3 Å². The molecule has 0 unspecified atom stereocenters. The van der Waals surface area contributed by atoms with Crippen LogP contribution in [0, 0.1) is 17.0 Å². The molecule has 7 nitrogen and oxygen atoms in total. The Bertz CT molecular complexity index is 748. The molecule has 1 aromatic carbocycles. The highest BCUT2D eigenvalue weighted by Crippen LogP contribution is 2.22. The summed E-state index contributed by atoms with van der Waals surface area (Å²) in [6, 6.07) is 6.25.